The summed E-state index contributed by atoms with van der Waals surface area (Å²) < 4.78 is 10.8. The van der Waals surface area contributed by atoms with E-state index in [2.05, 4.69) is 6.92 Å². The monoisotopic (exact) mass is 284 g/mol. The molecular weight excluding hydrogens is 273 g/mol. The Labute approximate surface area is 96.9 Å². The predicted octanol–water partition coefficient (Wildman–Crippen LogP) is -1.78. The molecule has 0 spiro atoms. The van der Waals surface area contributed by atoms with E-state index in [0.29, 0.717) is 11.8 Å². The van der Waals surface area contributed by atoms with E-state index in [-0.39, 0.29) is 42.7 Å². The van der Waals surface area contributed by atoms with Crippen molar-refractivity contribution >= 4 is 0 Å². The van der Waals surface area contributed by atoms with Gasteiger partial charge in [-0.25, -0.2) is 0 Å². The Morgan fingerprint density at radius 1 is 1.25 bits per heavy atom. The van der Waals surface area contributed by atoms with Gasteiger partial charge in [-0.05, 0) is 25.7 Å². The third kappa shape index (κ3) is 2.51. The molecule has 0 saturated carbocycles. The van der Waals surface area contributed by atoms with E-state index in [1.807, 2.05) is 0 Å². The van der Waals surface area contributed by atoms with Crippen LogP contribution >= 0.6 is 0 Å². The molecule has 0 aromatic rings. The second-order valence-electron chi connectivity index (χ2n) is 3.14. The van der Waals surface area contributed by atoms with Crippen molar-refractivity contribution in [2.24, 2.45) is 11.8 Å². The molecule has 2 aliphatic heterocycles. The number of halogens is 1. The van der Waals surface area contributed by atoms with Crippen LogP contribution in [0.3, 0.4) is 0 Å². The molecule has 0 aromatic carbocycles. The normalized spacial score (nSPS) is 39.2. The van der Waals surface area contributed by atoms with Gasteiger partial charge >= 0.3 is 0 Å². The Morgan fingerprint density at radius 2 is 2.00 bits per heavy atom. The summed E-state index contributed by atoms with van der Waals surface area (Å²) in [5, 5.41) is 0. The van der Waals surface area contributed by atoms with Crippen LogP contribution in [0, 0.1) is 18.8 Å². The van der Waals surface area contributed by atoms with Gasteiger partial charge in [-0.3, -0.25) is 0 Å². The van der Waals surface area contributed by atoms with Crippen molar-refractivity contribution < 1.29 is 45.9 Å². The number of rotatable bonds is 0. The summed E-state index contributed by atoms with van der Waals surface area (Å²) in [6.45, 7) is 5.67. The Morgan fingerprint density at radius 3 is 2.67 bits per heavy atom. The molecule has 0 bridgehead atoms. The first-order valence-electron chi connectivity index (χ1n) is 3.94. The van der Waals surface area contributed by atoms with Crippen LogP contribution < -0.4 is 17.0 Å². The van der Waals surface area contributed by atoms with Gasteiger partial charge in [-0.2, -0.15) is 0 Å². The molecule has 2 rings (SSSR count). The zero-order chi connectivity index (χ0) is 6.97. The second kappa shape index (κ2) is 5.69. The first-order valence-corrected chi connectivity index (χ1v) is 3.94. The molecule has 1 radical (unpaired) electrons. The Bertz CT molecular complexity index is 132. The SMILES string of the molecule is [Br-].[CH2][C@H]1CO[C@H]2OCCC[C@H]21.[Zn]. The molecule has 2 aliphatic rings. The zero-order valence-corrected chi connectivity index (χ0v) is 11.7. The molecule has 0 aromatic heterocycles. The van der Waals surface area contributed by atoms with E-state index in [1.165, 1.54) is 12.8 Å². The molecule has 4 heteroatoms. The summed E-state index contributed by atoms with van der Waals surface area (Å²) in [6.07, 6.45) is 2.49. The van der Waals surface area contributed by atoms with E-state index in [0.717, 1.165) is 13.2 Å². The molecule has 2 fully saturated rings. The molecule has 2 heterocycles. The summed E-state index contributed by atoms with van der Waals surface area (Å²) in [5.74, 6) is 1.04. The van der Waals surface area contributed by atoms with Crippen LogP contribution in [0.15, 0.2) is 0 Å². The summed E-state index contributed by atoms with van der Waals surface area (Å²) >= 11 is 0. The molecule has 3 atom stereocenters. The first-order chi connectivity index (χ1) is 4.88. The van der Waals surface area contributed by atoms with Gasteiger partial charge in [0.15, 0.2) is 6.29 Å². The summed E-state index contributed by atoms with van der Waals surface area (Å²) in [4.78, 5) is 0. The summed E-state index contributed by atoms with van der Waals surface area (Å²) in [7, 11) is 0. The van der Waals surface area contributed by atoms with Crippen molar-refractivity contribution in [2.45, 2.75) is 19.1 Å². The molecule has 67 valence electrons. The van der Waals surface area contributed by atoms with E-state index in [4.69, 9.17) is 9.47 Å². The number of hydrogen-bond acceptors (Lipinski definition) is 2. The first kappa shape index (κ1) is 13.0. The fourth-order valence-electron chi connectivity index (χ4n) is 1.75. The molecule has 0 aliphatic carbocycles. The molecule has 0 N–H and O–H groups in total. The van der Waals surface area contributed by atoms with Crippen LogP contribution in [0.5, 0.6) is 0 Å². The van der Waals surface area contributed by atoms with Gasteiger partial charge in [0.1, 0.15) is 0 Å². The zero-order valence-electron chi connectivity index (χ0n) is 7.17. The third-order valence-corrected chi connectivity index (χ3v) is 2.39. The minimum Gasteiger partial charge on any atom is -1.00 e. The van der Waals surface area contributed by atoms with Gasteiger partial charge in [0.2, 0.25) is 0 Å². The topological polar surface area (TPSA) is 18.5 Å². The van der Waals surface area contributed by atoms with Crippen molar-refractivity contribution in [3.63, 3.8) is 0 Å². The molecule has 12 heavy (non-hydrogen) atoms. The predicted molar refractivity (Wildman–Crippen MR) is 37.3 cm³/mol. The van der Waals surface area contributed by atoms with Gasteiger partial charge < -0.3 is 26.5 Å². The van der Waals surface area contributed by atoms with Crippen LogP contribution in [-0.2, 0) is 29.0 Å². The van der Waals surface area contributed by atoms with Gasteiger partial charge in [0.25, 0.3) is 0 Å². The summed E-state index contributed by atoms with van der Waals surface area (Å²) in [5.41, 5.74) is 0. The van der Waals surface area contributed by atoms with Crippen molar-refractivity contribution in [1.82, 2.24) is 0 Å². The van der Waals surface area contributed by atoms with Crippen molar-refractivity contribution in [3.05, 3.63) is 6.92 Å². The van der Waals surface area contributed by atoms with Crippen LogP contribution in [0.25, 0.3) is 0 Å². The summed E-state index contributed by atoms with van der Waals surface area (Å²) in [6, 6.07) is 0. The quantitative estimate of drug-likeness (QED) is 0.490. The third-order valence-electron chi connectivity index (χ3n) is 2.39. The fraction of sp³-hybridized carbons (Fsp3) is 0.875. The van der Waals surface area contributed by atoms with E-state index in [1.54, 1.807) is 0 Å². The molecular formula is C8H13BrO2Zn-. The number of fused-ring (bicyclic) bond motifs is 1. The maximum Gasteiger partial charge on any atom is 0.160 e. The molecule has 0 unspecified atom stereocenters. The maximum absolute atomic E-state index is 5.41. The van der Waals surface area contributed by atoms with Crippen molar-refractivity contribution in [2.75, 3.05) is 13.2 Å². The van der Waals surface area contributed by atoms with E-state index in [9.17, 15) is 0 Å². The van der Waals surface area contributed by atoms with Crippen LogP contribution in [-0.4, -0.2) is 19.5 Å². The van der Waals surface area contributed by atoms with E-state index < -0.39 is 0 Å². The smallest absolute Gasteiger partial charge is 0.160 e. The van der Waals surface area contributed by atoms with E-state index >= 15 is 0 Å². The van der Waals surface area contributed by atoms with Crippen LogP contribution in [0.2, 0.25) is 0 Å². The second-order valence-corrected chi connectivity index (χ2v) is 3.14. The molecule has 2 saturated heterocycles. The van der Waals surface area contributed by atoms with Gasteiger partial charge in [-0.1, -0.05) is 0 Å². The Kier molecular flexibility index (Phi) is 6.18. The molecule has 0 amide bonds. The van der Waals surface area contributed by atoms with Gasteiger partial charge in [-0.15, -0.1) is 0 Å². The average molecular weight is 286 g/mol. The maximum atomic E-state index is 5.41. The molecule has 2 nitrogen and oxygen atoms in total. The minimum atomic E-state index is 0. The minimum absolute atomic E-state index is 0. The van der Waals surface area contributed by atoms with Crippen molar-refractivity contribution in [3.8, 4) is 0 Å². The Hall–Kier alpha value is 1.02. The fourth-order valence-corrected chi connectivity index (χ4v) is 1.75. The van der Waals surface area contributed by atoms with Crippen LogP contribution in [0.4, 0.5) is 0 Å². The van der Waals surface area contributed by atoms with Gasteiger partial charge in [0, 0.05) is 32.0 Å². The number of ether oxygens (including phenoxy) is 2. The Balaban J connectivity index is 0.000000605. The average Bonchev–Trinajstić information content (AvgIpc) is 2.34. The largest absolute Gasteiger partial charge is 1.00 e. The van der Waals surface area contributed by atoms with Gasteiger partial charge in [0.05, 0.1) is 6.61 Å². The standard InChI is InChI=1S/C8H13O2.BrH.Zn/c1-6-5-10-8-7(6)3-2-4-9-8;;/h6-8H,1-5H2;1H;/p-1/t6-,7-,8+;;/m0../s1. The van der Waals surface area contributed by atoms with Crippen molar-refractivity contribution in [1.29, 1.82) is 0 Å². The number of hydrogen-bond donors (Lipinski definition) is 0. The van der Waals surface area contributed by atoms with Crippen LogP contribution in [0.1, 0.15) is 12.8 Å².